The number of halogens is 2. The molecule has 1 saturated heterocycles. The molecule has 218 valence electrons. The molecule has 0 spiro atoms. The van der Waals surface area contributed by atoms with Gasteiger partial charge in [0.25, 0.3) is 11.8 Å². The van der Waals surface area contributed by atoms with Gasteiger partial charge in [-0.1, -0.05) is 71.7 Å². The van der Waals surface area contributed by atoms with Crippen LogP contribution < -0.4 is 24.4 Å². The van der Waals surface area contributed by atoms with E-state index in [1.807, 2.05) is 48.5 Å². The maximum atomic E-state index is 13.4. The average molecular weight is 617 g/mol. The molecule has 5 rings (SSSR count). The summed E-state index contributed by atoms with van der Waals surface area (Å²) in [5, 5.41) is 2.98. The number of rotatable bonds is 10. The van der Waals surface area contributed by atoms with Crippen molar-refractivity contribution in [1.82, 2.24) is 5.32 Å². The van der Waals surface area contributed by atoms with Crippen molar-refractivity contribution in [2.24, 2.45) is 0 Å². The minimum Gasteiger partial charge on any atom is -0.490 e. The van der Waals surface area contributed by atoms with Gasteiger partial charge in [0, 0.05) is 10.6 Å². The van der Waals surface area contributed by atoms with Gasteiger partial charge >= 0.3 is 6.03 Å². The van der Waals surface area contributed by atoms with Crippen molar-refractivity contribution in [3.05, 3.63) is 123 Å². The number of carbonyl (C=O) groups is 3. The second-order valence-electron chi connectivity index (χ2n) is 9.37. The van der Waals surface area contributed by atoms with Crippen molar-refractivity contribution in [3.8, 4) is 17.2 Å². The molecule has 4 aromatic carbocycles. The molecule has 4 aromatic rings. The van der Waals surface area contributed by atoms with Crippen LogP contribution in [0.1, 0.15) is 23.6 Å². The largest absolute Gasteiger partial charge is 0.490 e. The first-order valence-corrected chi connectivity index (χ1v) is 14.1. The zero-order valence-electron chi connectivity index (χ0n) is 23.0. The molecule has 0 aromatic heterocycles. The lowest BCUT2D eigenvalue weighted by Gasteiger charge is -2.26. The van der Waals surface area contributed by atoms with E-state index in [0.29, 0.717) is 35.3 Å². The Hall–Kier alpha value is -4.79. The molecule has 43 heavy (non-hydrogen) atoms. The summed E-state index contributed by atoms with van der Waals surface area (Å²) in [7, 11) is 0. The van der Waals surface area contributed by atoms with E-state index in [4.69, 9.17) is 37.4 Å². The van der Waals surface area contributed by atoms with Gasteiger partial charge in [0.05, 0.1) is 17.3 Å². The van der Waals surface area contributed by atoms with Crippen LogP contribution in [0.3, 0.4) is 0 Å². The topological polar surface area (TPSA) is 94.2 Å². The molecule has 0 unspecified atom stereocenters. The lowest BCUT2D eigenvalue weighted by Crippen LogP contribution is -2.54. The summed E-state index contributed by atoms with van der Waals surface area (Å²) in [6.07, 6.45) is 1.35. The van der Waals surface area contributed by atoms with E-state index in [1.54, 1.807) is 49.4 Å². The second-order valence-corrected chi connectivity index (χ2v) is 10.2. The number of amides is 4. The Bertz CT molecular complexity index is 1690. The lowest BCUT2D eigenvalue weighted by atomic mass is 10.1. The molecule has 4 amide bonds. The van der Waals surface area contributed by atoms with Crippen LogP contribution in [-0.4, -0.2) is 24.5 Å². The van der Waals surface area contributed by atoms with Crippen molar-refractivity contribution in [2.75, 3.05) is 11.5 Å². The fourth-order valence-electron chi connectivity index (χ4n) is 4.33. The van der Waals surface area contributed by atoms with Gasteiger partial charge in [-0.05, 0) is 66.6 Å². The number of imide groups is 2. The highest BCUT2D eigenvalue weighted by Gasteiger charge is 2.37. The second kappa shape index (κ2) is 13.5. The number of urea groups is 1. The molecule has 1 aliphatic heterocycles. The van der Waals surface area contributed by atoms with Gasteiger partial charge < -0.3 is 14.2 Å². The molecule has 0 saturated carbocycles. The number of hydrogen-bond donors (Lipinski definition) is 1. The van der Waals surface area contributed by atoms with Gasteiger partial charge in [0.15, 0.2) is 11.5 Å². The fraction of sp³-hybridized carbons (Fsp3) is 0.121. The zero-order chi connectivity index (χ0) is 30.3. The minimum atomic E-state index is -0.860. The molecule has 0 radical (unpaired) electrons. The smallest absolute Gasteiger partial charge is 0.335 e. The van der Waals surface area contributed by atoms with Crippen LogP contribution in [-0.2, 0) is 22.8 Å². The van der Waals surface area contributed by atoms with E-state index in [9.17, 15) is 14.4 Å². The van der Waals surface area contributed by atoms with Gasteiger partial charge in [-0.15, -0.1) is 0 Å². The first-order chi connectivity index (χ1) is 20.8. The third-order valence-corrected chi connectivity index (χ3v) is 7.07. The third-order valence-electron chi connectivity index (χ3n) is 6.42. The van der Waals surface area contributed by atoms with Crippen LogP contribution in [0.25, 0.3) is 6.08 Å². The Morgan fingerprint density at radius 3 is 2.23 bits per heavy atom. The average Bonchev–Trinajstić information content (AvgIpc) is 3.00. The minimum absolute atomic E-state index is 0.147. The summed E-state index contributed by atoms with van der Waals surface area (Å²) < 4.78 is 17.5. The van der Waals surface area contributed by atoms with Gasteiger partial charge in [0.1, 0.15) is 24.5 Å². The predicted molar refractivity (Wildman–Crippen MR) is 165 cm³/mol. The van der Waals surface area contributed by atoms with E-state index in [1.165, 1.54) is 6.08 Å². The third kappa shape index (κ3) is 6.99. The zero-order valence-corrected chi connectivity index (χ0v) is 24.5. The van der Waals surface area contributed by atoms with E-state index in [2.05, 4.69) is 5.32 Å². The van der Waals surface area contributed by atoms with E-state index < -0.39 is 17.8 Å². The van der Waals surface area contributed by atoms with Crippen molar-refractivity contribution in [3.63, 3.8) is 0 Å². The molecule has 0 atom stereocenters. The standard InChI is InChI=1S/C33H26Cl2N2O6/c1-2-41-29-18-22(17-28(35)30(29)43-20-23-10-6-7-11-27(23)34)16-26-31(38)36-33(40)37(32(26)39)24-12-14-25(15-13-24)42-19-21-8-4-3-5-9-21/h3-18H,2,19-20H2,1H3,(H,36,38,40)/b26-16+. The first kappa shape index (κ1) is 29.7. The van der Waals surface area contributed by atoms with Crippen molar-refractivity contribution >= 4 is 52.8 Å². The van der Waals surface area contributed by atoms with E-state index in [0.717, 1.165) is 16.0 Å². The number of anilines is 1. The monoisotopic (exact) mass is 616 g/mol. The van der Waals surface area contributed by atoms with Gasteiger partial charge in [-0.25, -0.2) is 9.69 Å². The number of nitrogens with zero attached hydrogens (tertiary/aromatic N) is 1. The highest BCUT2D eigenvalue weighted by Crippen LogP contribution is 2.38. The van der Waals surface area contributed by atoms with Crippen molar-refractivity contribution < 1.29 is 28.6 Å². The summed E-state index contributed by atoms with van der Waals surface area (Å²) in [4.78, 5) is 39.8. The van der Waals surface area contributed by atoms with E-state index in [-0.39, 0.29) is 28.6 Å². The number of barbiturate groups is 1. The predicted octanol–water partition coefficient (Wildman–Crippen LogP) is 7.22. The number of nitrogens with one attached hydrogen (secondary N) is 1. The lowest BCUT2D eigenvalue weighted by molar-refractivity contribution is -0.122. The molecule has 1 N–H and O–H groups in total. The maximum Gasteiger partial charge on any atom is 0.335 e. The normalized spacial score (nSPS) is 14.1. The molecular formula is C33H26Cl2N2O6. The summed E-state index contributed by atoms with van der Waals surface area (Å²) in [5.74, 6) is -0.464. The summed E-state index contributed by atoms with van der Waals surface area (Å²) >= 11 is 12.8. The van der Waals surface area contributed by atoms with Gasteiger partial charge in [-0.3, -0.25) is 14.9 Å². The number of carbonyl (C=O) groups excluding carboxylic acids is 3. The Labute approximate surface area is 258 Å². The summed E-state index contributed by atoms with van der Waals surface area (Å²) in [6.45, 7) is 2.62. The molecule has 0 bridgehead atoms. The number of benzene rings is 4. The Kier molecular flexibility index (Phi) is 9.29. The fourth-order valence-corrected chi connectivity index (χ4v) is 4.79. The number of hydrogen-bond acceptors (Lipinski definition) is 6. The molecule has 10 heteroatoms. The molecular weight excluding hydrogens is 591 g/mol. The molecule has 0 aliphatic carbocycles. The summed E-state index contributed by atoms with van der Waals surface area (Å²) in [5.41, 5.74) is 2.17. The van der Waals surface area contributed by atoms with Gasteiger partial charge in [0.2, 0.25) is 0 Å². The quantitative estimate of drug-likeness (QED) is 0.149. The van der Waals surface area contributed by atoms with Crippen LogP contribution in [0.2, 0.25) is 10.0 Å². The van der Waals surface area contributed by atoms with Crippen LogP contribution >= 0.6 is 23.2 Å². The Morgan fingerprint density at radius 2 is 1.51 bits per heavy atom. The summed E-state index contributed by atoms with van der Waals surface area (Å²) in [6, 6.07) is 25.6. The molecule has 1 heterocycles. The van der Waals surface area contributed by atoms with Crippen LogP contribution in [0, 0.1) is 0 Å². The van der Waals surface area contributed by atoms with E-state index >= 15 is 0 Å². The highest BCUT2D eigenvalue weighted by molar-refractivity contribution is 6.39. The molecule has 1 fully saturated rings. The van der Waals surface area contributed by atoms with Crippen LogP contribution in [0.4, 0.5) is 10.5 Å². The molecule has 8 nitrogen and oxygen atoms in total. The first-order valence-electron chi connectivity index (χ1n) is 13.3. The number of ether oxygens (including phenoxy) is 3. The van der Waals surface area contributed by atoms with Gasteiger partial charge in [-0.2, -0.15) is 0 Å². The van der Waals surface area contributed by atoms with Crippen LogP contribution in [0.5, 0.6) is 17.2 Å². The van der Waals surface area contributed by atoms with Crippen molar-refractivity contribution in [1.29, 1.82) is 0 Å². The Balaban J connectivity index is 1.37. The highest BCUT2D eigenvalue weighted by atomic mass is 35.5. The SMILES string of the molecule is CCOc1cc(/C=C2\C(=O)NC(=O)N(c3ccc(OCc4ccccc4)cc3)C2=O)cc(Cl)c1OCc1ccccc1Cl. The Morgan fingerprint density at radius 1 is 0.791 bits per heavy atom. The maximum absolute atomic E-state index is 13.4. The van der Waals surface area contributed by atoms with Crippen LogP contribution in [0.15, 0.2) is 96.6 Å². The van der Waals surface area contributed by atoms with Crippen molar-refractivity contribution in [2.45, 2.75) is 20.1 Å². The molecule has 1 aliphatic rings.